The molecule has 1 N–H and O–H groups in total. The van der Waals surface area contributed by atoms with Crippen LogP contribution in [0.25, 0.3) is 0 Å². The molecule has 0 spiro atoms. The van der Waals surface area contributed by atoms with Crippen molar-refractivity contribution in [3.05, 3.63) is 0 Å². The molecule has 1 aliphatic rings. The Balaban J connectivity index is 2.47. The van der Waals surface area contributed by atoms with Crippen molar-refractivity contribution in [1.29, 1.82) is 0 Å². The summed E-state index contributed by atoms with van der Waals surface area (Å²) in [6.07, 6.45) is 6.50. The minimum atomic E-state index is 0.0605. The maximum absolute atomic E-state index is 6.17. The van der Waals surface area contributed by atoms with Crippen LogP contribution >= 0.6 is 0 Å². The molecule has 0 aromatic rings. The van der Waals surface area contributed by atoms with Crippen LogP contribution in [0.5, 0.6) is 0 Å². The lowest BCUT2D eigenvalue weighted by atomic mass is 9.84. The first-order chi connectivity index (χ1) is 7.22. The van der Waals surface area contributed by atoms with Gasteiger partial charge in [-0.2, -0.15) is 0 Å². The van der Waals surface area contributed by atoms with Gasteiger partial charge < -0.3 is 14.8 Å². The lowest BCUT2D eigenvalue weighted by Gasteiger charge is -2.39. The number of hydrogen-bond donors (Lipinski definition) is 1. The molecule has 1 fully saturated rings. The van der Waals surface area contributed by atoms with E-state index >= 15 is 0 Å². The minimum Gasteiger partial charge on any atom is -0.382 e. The molecule has 0 aromatic heterocycles. The van der Waals surface area contributed by atoms with Crippen molar-refractivity contribution in [2.45, 2.75) is 50.7 Å². The fraction of sp³-hybridized carbons (Fsp3) is 1.00. The summed E-state index contributed by atoms with van der Waals surface area (Å²) in [5.41, 5.74) is 0.0605. The summed E-state index contributed by atoms with van der Waals surface area (Å²) in [5, 5.41) is 3.26. The number of ether oxygens (including phenoxy) is 2. The Kier molecular flexibility index (Phi) is 5.58. The van der Waals surface area contributed by atoms with Gasteiger partial charge in [-0.1, -0.05) is 19.3 Å². The zero-order chi connectivity index (χ0) is 11.1. The van der Waals surface area contributed by atoms with E-state index in [1.807, 2.05) is 7.05 Å². The van der Waals surface area contributed by atoms with Gasteiger partial charge >= 0.3 is 0 Å². The molecule has 0 bridgehead atoms. The molecular formula is C12H25NO2. The van der Waals surface area contributed by atoms with E-state index in [1.54, 1.807) is 7.11 Å². The van der Waals surface area contributed by atoms with E-state index in [0.717, 1.165) is 6.54 Å². The number of rotatable bonds is 6. The van der Waals surface area contributed by atoms with Gasteiger partial charge in [0.1, 0.15) is 0 Å². The Morgan fingerprint density at radius 2 is 1.93 bits per heavy atom. The smallest absolute Gasteiger partial charge is 0.0810 e. The highest BCUT2D eigenvalue weighted by atomic mass is 16.5. The van der Waals surface area contributed by atoms with Gasteiger partial charge in [-0.15, -0.1) is 0 Å². The van der Waals surface area contributed by atoms with E-state index in [2.05, 4.69) is 12.2 Å². The summed E-state index contributed by atoms with van der Waals surface area (Å²) in [6.45, 7) is 3.74. The molecule has 3 heteroatoms. The van der Waals surface area contributed by atoms with Gasteiger partial charge in [0.05, 0.1) is 18.3 Å². The zero-order valence-corrected chi connectivity index (χ0v) is 10.3. The molecule has 1 saturated carbocycles. The van der Waals surface area contributed by atoms with Crippen LogP contribution < -0.4 is 5.32 Å². The largest absolute Gasteiger partial charge is 0.382 e. The van der Waals surface area contributed by atoms with Crippen LogP contribution in [0, 0.1) is 0 Å². The van der Waals surface area contributed by atoms with Crippen molar-refractivity contribution in [2.24, 2.45) is 0 Å². The number of hydrogen-bond acceptors (Lipinski definition) is 3. The summed E-state index contributed by atoms with van der Waals surface area (Å²) in [4.78, 5) is 0. The fourth-order valence-electron chi connectivity index (χ4n) is 2.55. The summed E-state index contributed by atoms with van der Waals surface area (Å²) < 4.78 is 11.3. The van der Waals surface area contributed by atoms with Crippen molar-refractivity contribution in [3.8, 4) is 0 Å². The van der Waals surface area contributed by atoms with Crippen molar-refractivity contribution in [2.75, 3.05) is 27.3 Å². The van der Waals surface area contributed by atoms with Crippen LogP contribution in [0.2, 0.25) is 0 Å². The van der Waals surface area contributed by atoms with E-state index in [1.165, 1.54) is 32.1 Å². The Labute approximate surface area is 93.5 Å². The molecule has 0 radical (unpaired) electrons. The van der Waals surface area contributed by atoms with Crippen LogP contribution in [-0.4, -0.2) is 39.0 Å². The first kappa shape index (κ1) is 12.9. The second-order valence-corrected chi connectivity index (χ2v) is 4.66. The van der Waals surface area contributed by atoms with Gasteiger partial charge in [-0.3, -0.25) is 0 Å². The molecule has 3 nitrogen and oxygen atoms in total. The molecule has 0 saturated heterocycles. The Hall–Kier alpha value is -0.120. The highest BCUT2D eigenvalue weighted by Gasteiger charge is 2.33. The molecule has 15 heavy (non-hydrogen) atoms. The predicted molar refractivity (Wildman–Crippen MR) is 62.2 cm³/mol. The third-order valence-electron chi connectivity index (χ3n) is 3.12. The predicted octanol–water partition coefficient (Wildman–Crippen LogP) is 1.96. The summed E-state index contributed by atoms with van der Waals surface area (Å²) >= 11 is 0. The van der Waals surface area contributed by atoms with Crippen molar-refractivity contribution < 1.29 is 9.47 Å². The quantitative estimate of drug-likeness (QED) is 0.734. The van der Waals surface area contributed by atoms with Crippen molar-refractivity contribution >= 4 is 0 Å². The highest BCUT2D eigenvalue weighted by Crippen LogP contribution is 2.32. The van der Waals surface area contributed by atoms with Crippen LogP contribution in [0.15, 0.2) is 0 Å². The standard InChI is InChI=1S/C12H25NO2/c1-11(9-14-3)15-12(10-13-2)7-5-4-6-8-12/h11,13H,4-10H2,1-3H3. The Bertz CT molecular complexity index is 161. The van der Waals surface area contributed by atoms with Crippen LogP contribution in [0.1, 0.15) is 39.0 Å². The SMILES string of the molecule is CNCC1(OC(C)COC)CCCCC1. The molecule has 1 atom stereocenters. The normalized spacial score (nSPS) is 22.6. The average molecular weight is 215 g/mol. The lowest BCUT2D eigenvalue weighted by Crippen LogP contribution is -2.46. The van der Waals surface area contributed by atoms with Gasteiger partial charge in [0.2, 0.25) is 0 Å². The van der Waals surface area contributed by atoms with Gasteiger partial charge in [0.15, 0.2) is 0 Å². The summed E-state index contributed by atoms with van der Waals surface area (Å²) in [7, 11) is 3.73. The third kappa shape index (κ3) is 4.09. The van der Waals surface area contributed by atoms with E-state index in [-0.39, 0.29) is 11.7 Å². The van der Waals surface area contributed by atoms with Gasteiger partial charge in [0, 0.05) is 13.7 Å². The molecule has 1 aliphatic carbocycles. The van der Waals surface area contributed by atoms with Crippen molar-refractivity contribution in [1.82, 2.24) is 5.32 Å². The second kappa shape index (κ2) is 6.46. The molecule has 1 rings (SSSR count). The average Bonchev–Trinajstić information content (AvgIpc) is 2.19. The first-order valence-electron chi connectivity index (χ1n) is 6.04. The molecule has 0 heterocycles. The maximum atomic E-state index is 6.17. The van der Waals surface area contributed by atoms with Crippen molar-refractivity contribution in [3.63, 3.8) is 0 Å². The van der Waals surface area contributed by atoms with E-state index in [0.29, 0.717) is 6.61 Å². The lowest BCUT2D eigenvalue weighted by molar-refractivity contribution is -0.122. The van der Waals surface area contributed by atoms with Gasteiger partial charge in [-0.25, -0.2) is 0 Å². The molecule has 1 unspecified atom stereocenters. The molecule has 0 aliphatic heterocycles. The highest BCUT2D eigenvalue weighted by molar-refractivity contribution is 4.87. The van der Waals surface area contributed by atoms with Gasteiger partial charge in [0.25, 0.3) is 0 Å². The molecule has 90 valence electrons. The fourth-order valence-corrected chi connectivity index (χ4v) is 2.55. The van der Waals surface area contributed by atoms with Crippen LogP contribution in [0.4, 0.5) is 0 Å². The Morgan fingerprint density at radius 1 is 1.27 bits per heavy atom. The Morgan fingerprint density at radius 3 is 2.47 bits per heavy atom. The number of nitrogens with one attached hydrogen (secondary N) is 1. The number of likely N-dealkylation sites (N-methyl/N-ethyl adjacent to an activating group) is 1. The topological polar surface area (TPSA) is 30.5 Å². The summed E-state index contributed by atoms with van der Waals surface area (Å²) in [6, 6.07) is 0. The second-order valence-electron chi connectivity index (χ2n) is 4.66. The monoisotopic (exact) mass is 215 g/mol. The first-order valence-corrected chi connectivity index (χ1v) is 6.04. The van der Waals surface area contributed by atoms with E-state index in [4.69, 9.17) is 9.47 Å². The maximum Gasteiger partial charge on any atom is 0.0810 e. The zero-order valence-electron chi connectivity index (χ0n) is 10.3. The molecule has 0 amide bonds. The van der Waals surface area contributed by atoms with Gasteiger partial charge in [-0.05, 0) is 26.8 Å². The summed E-state index contributed by atoms with van der Waals surface area (Å²) in [5.74, 6) is 0. The minimum absolute atomic E-state index is 0.0605. The van der Waals surface area contributed by atoms with Crippen LogP contribution in [-0.2, 0) is 9.47 Å². The molecule has 0 aromatic carbocycles. The molecular weight excluding hydrogens is 190 g/mol. The third-order valence-corrected chi connectivity index (χ3v) is 3.12. The number of methoxy groups -OCH3 is 1. The van der Waals surface area contributed by atoms with E-state index < -0.39 is 0 Å². The van der Waals surface area contributed by atoms with Crippen LogP contribution in [0.3, 0.4) is 0 Å². The van der Waals surface area contributed by atoms with E-state index in [9.17, 15) is 0 Å².